The number of aliphatic imine (C=N–C) groups is 4. The van der Waals surface area contributed by atoms with Gasteiger partial charge in [0.25, 0.3) is 0 Å². The predicted molar refractivity (Wildman–Crippen MR) is 299 cm³/mol. The lowest BCUT2D eigenvalue weighted by atomic mass is 9.97. The van der Waals surface area contributed by atoms with Crippen LogP contribution in [0, 0.1) is 0 Å². The maximum atomic E-state index is 13.6. The van der Waals surface area contributed by atoms with Gasteiger partial charge in [0.2, 0.25) is 0 Å². The Hall–Kier alpha value is -9.33. The number of methoxy groups -OCH3 is 1. The van der Waals surface area contributed by atoms with E-state index in [1.54, 1.807) is 19.5 Å². The van der Waals surface area contributed by atoms with Gasteiger partial charge < -0.3 is 25.0 Å². The van der Waals surface area contributed by atoms with Crippen molar-refractivity contribution < 1.29 is 23.5 Å². The molecule has 0 unspecified atom stereocenters. The number of pyridine rings is 4. The number of fused-ring (bicyclic) bond motifs is 7. The van der Waals surface area contributed by atoms with Crippen molar-refractivity contribution in [3.05, 3.63) is 250 Å². The first kappa shape index (κ1) is 47.7. The number of hydrogen-bond acceptors (Lipinski definition) is 7. The SMILES string of the molecule is COc1ccc2nc3cc(Cl)ccc3c([N-]CCCCN=C([O-])N3C=CC(=C4C5=NC(=C(c6cc[n+](C)cc6)C6=NC(=C(c7cc[n+](C)cc7)c7ccc([n-]7)C(c7cc[n+](C)cc7)=C7C=CC4=N7)C=C6)C=C5)C=C3)c2c1. The molecule has 14 heteroatoms. The Bertz CT molecular complexity index is 3960. The van der Waals surface area contributed by atoms with Gasteiger partial charge in [-0.15, -0.1) is 23.6 Å². The summed E-state index contributed by atoms with van der Waals surface area (Å²) in [6, 6.07) is 27.8. The molecule has 0 N–H and O–H groups in total. The zero-order valence-corrected chi connectivity index (χ0v) is 43.0. The van der Waals surface area contributed by atoms with Crippen LogP contribution >= 0.6 is 11.6 Å². The summed E-state index contributed by atoms with van der Waals surface area (Å²) in [6.07, 6.45) is 33.3. The van der Waals surface area contributed by atoms with Crippen molar-refractivity contribution in [1.82, 2.24) is 14.9 Å². The number of rotatable bonds is 10. The van der Waals surface area contributed by atoms with Gasteiger partial charge in [-0.2, -0.15) is 0 Å². The third-order valence-corrected chi connectivity index (χ3v) is 14.0. The maximum Gasteiger partial charge on any atom is 0.169 e. The molecular weight excluding hydrogens is 966 g/mol. The molecule has 0 amide bonds. The summed E-state index contributed by atoms with van der Waals surface area (Å²) in [6.45, 7) is 0.893. The van der Waals surface area contributed by atoms with Gasteiger partial charge in [0.05, 0.1) is 58.4 Å². The van der Waals surface area contributed by atoms with Crippen molar-refractivity contribution in [2.24, 2.45) is 41.1 Å². The van der Waals surface area contributed by atoms with Gasteiger partial charge in [0, 0.05) is 71.5 Å². The molecule has 12 rings (SSSR count). The van der Waals surface area contributed by atoms with Crippen molar-refractivity contribution in [2.45, 2.75) is 12.8 Å². The van der Waals surface area contributed by atoms with E-state index in [1.807, 2.05) is 133 Å². The third kappa shape index (κ3) is 9.33. The van der Waals surface area contributed by atoms with Crippen molar-refractivity contribution in [1.29, 1.82) is 0 Å². The van der Waals surface area contributed by atoms with Crippen molar-refractivity contribution in [3.8, 4) is 5.75 Å². The van der Waals surface area contributed by atoms with E-state index in [0.29, 0.717) is 24.5 Å². The molecule has 0 saturated carbocycles. The van der Waals surface area contributed by atoms with Crippen LogP contribution in [0.15, 0.2) is 231 Å². The second kappa shape index (κ2) is 20.2. The first-order valence-electron chi connectivity index (χ1n) is 25.0. The number of aryl methyl sites for hydroxylation is 3. The highest BCUT2D eigenvalue weighted by Gasteiger charge is 2.27. The van der Waals surface area contributed by atoms with Gasteiger partial charge in [-0.25, -0.2) is 33.7 Å². The highest BCUT2D eigenvalue weighted by Crippen LogP contribution is 2.40. The van der Waals surface area contributed by atoms with Gasteiger partial charge in [-0.3, -0.25) is 4.99 Å². The van der Waals surface area contributed by atoms with E-state index in [9.17, 15) is 5.11 Å². The minimum atomic E-state index is -0.361. The van der Waals surface area contributed by atoms with Gasteiger partial charge in [-0.1, -0.05) is 36.2 Å². The van der Waals surface area contributed by atoms with Gasteiger partial charge in [0.15, 0.2) is 37.2 Å². The number of ether oxygens (including phenoxy) is 1. The lowest BCUT2D eigenvalue weighted by Gasteiger charge is -2.26. The fraction of sp³-hybridized carbons (Fsp3) is 0.129. The Morgan fingerprint density at radius 2 is 1.14 bits per heavy atom. The number of aromatic nitrogens is 5. The van der Waals surface area contributed by atoms with Gasteiger partial charge >= 0.3 is 0 Å². The lowest BCUT2D eigenvalue weighted by molar-refractivity contribution is -0.671. The first-order valence-corrected chi connectivity index (χ1v) is 25.4. The van der Waals surface area contributed by atoms with E-state index in [4.69, 9.17) is 46.6 Å². The molecule has 7 aromatic rings. The standard InChI is InChI=1S/C62H50ClN11O2/c1-71-29-19-39(20-30-71)57-48-11-13-50(67-48)58(40-21-31-72(2)32-22-40)52-15-17-54(69-52)60(55-18-16-53(70-55)59(51-14-12-49(57)68-51)41-23-33-73(3)34-24-41)42-25-35-74(36-26-42)62(75)65-28-6-5-27-64-61-45-9-7-43(63)37-56(45)66-47-10-8-44(76-4)38-46(47)61/h7-26,29-38H,5-6,27-28H2,1-4H3. The van der Waals surface area contributed by atoms with E-state index < -0.39 is 0 Å². The Morgan fingerprint density at radius 1 is 0.605 bits per heavy atom. The lowest BCUT2D eigenvalue weighted by Crippen LogP contribution is -2.33. The molecule has 10 heterocycles. The number of unbranched alkanes of at least 4 members (excludes halogenated alkanes) is 1. The largest absolute Gasteiger partial charge is 0.846 e. The number of amidine groups is 1. The molecule has 5 aromatic heterocycles. The number of halogens is 1. The Morgan fingerprint density at radius 3 is 1.71 bits per heavy atom. The molecule has 0 aliphatic carbocycles. The average Bonchev–Trinajstić information content (AvgIpc) is 4.32. The molecule has 8 bridgehead atoms. The van der Waals surface area contributed by atoms with E-state index in [-0.39, 0.29) is 6.02 Å². The summed E-state index contributed by atoms with van der Waals surface area (Å²) < 4.78 is 11.6. The average molecular weight is 1020 g/mol. The van der Waals surface area contributed by atoms with Crippen LogP contribution in [0.5, 0.6) is 5.75 Å². The molecule has 0 spiro atoms. The first-order chi connectivity index (χ1) is 37.1. The zero-order chi connectivity index (χ0) is 51.9. The third-order valence-electron chi connectivity index (χ3n) is 13.7. The van der Waals surface area contributed by atoms with E-state index in [0.717, 1.165) is 130 Å². The van der Waals surface area contributed by atoms with Crippen molar-refractivity contribution in [2.75, 3.05) is 20.2 Å². The second-order valence-corrected chi connectivity index (χ2v) is 19.3. The smallest absolute Gasteiger partial charge is 0.169 e. The molecule has 5 aliphatic heterocycles. The fourth-order valence-electron chi connectivity index (χ4n) is 9.84. The molecule has 0 radical (unpaired) electrons. The maximum absolute atomic E-state index is 13.6. The Kier molecular flexibility index (Phi) is 12.7. The predicted octanol–water partition coefficient (Wildman–Crippen LogP) is 9.30. The Labute approximate surface area is 445 Å². The molecule has 5 aliphatic rings. The van der Waals surface area contributed by atoms with E-state index in [1.165, 1.54) is 4.90 Å². The summed E-state index contributed by atoms with van der Waals surface area (Å²) in [4.78, 5) is 32.4. The van der Waals surface area contributed by atoms with Gasteiger partial charge in [0.1, 0.15) is 26.9 Å². The minimum absolute atomic E-state index is 0.350. The molecule has 0 saturated heterocycles. The number of hydrogen-bond donors (Lipinski definition) is 0. The van der Waals surface area contributed by atoms with Crippen molar-refractivity contribution >= 4 is 79.0 Å². The minimum Gasteiger partial charge on any atom is -0.846 e. The highest BCUT2D eigenvalue weighted by atomic mass is 35.5. The van der Waals surface area contributed by atoms with Crippen LogP contribution in [0.25, 0.3) is 43.8 Å². The second-order valence-electron chi connectivity index (χ2n) is 18.9. The van der Waals surface area contributed by atoms with Crippen LogP contribution in [0.4, 0.5) is 5.69 Å². The van der Waals surface area contributed by atoms with Crippen LogP contribution in [-0.2, 0) is 21.1 Å². The summed E-state index contributed by atoms with van der Waals surface area (Å²) in [5, 5.41) is 21.1. The number of nitrogens with zero attached hydrogens (tertiary/aromatic N) is 11. The van der Waals surface area contributed by atoms with Crippen LogP contribution in [0.2, 0.25) is 5.02 Å². The molecule has 13 nitrogen and oxygen atoms in total. The van der Waals surface area contributed by atoms with E-state index >= 15 is 0 Å². The zero-order valence-electron chi connectivity index (χ0n) is 42.3. The summed E-state index contributed by atoms with van der Waals surface area (Å²) in [7, 11) is 7.66. The molecule has 2 aromatic carbocycles. The highest BCUT2D eigenvalue weighted by molar-refractivity contribution is 6.36. The fourth-order valence-corrected chi connectivity index (χ4v) is 10.0. The van der Waals surface area contributed by atoms with Crippen LogP contribution in [0.3, 0.4) is 0 Å². The number of allylic oxidation sites excluding steroid dienone is 11. The van der Waals surface area contributed by atoms with Crippen LogP contribution < -0.4 is 28.5 Å². The summed E-state index contributed by atoms with van der Waals surface area (Å²) in [5.74, 6) is 0.730. The monoisotopic (exact) mass is 1020 g/mol. The topological polar surface area (TPSA) is 138 Å². The Balaban J connectivity index is 0.884. The number of benzene rings is 2. The quantitative estimate of drug-likeness (QED) is 0.0442. The summed E-state index contributed by atoms with van der Waals surface area (Å²) >= 11 is 6.35. The van der Waals surface area contributed by atoms with Crippen molar-refractivity contribution in [3.63, 3.8) is 0 Å². The normalized spacial score (nSPS) is 16.0. The van der Waals surface area contributed by atoms with Crippen LogP contribution in [0.1, 0.15) is 40.9 Å². The van der Waals surface area contributed by atoms with Gasteiger partial charge in [-0.05, 0) is 130 Å². The van der Waals surface area contributed by atoms with E-state index in [2.05, 4.69) is 77.8 Å². The molecule has 76 heavy (non-hydrogen) atoms. The summed E-state index contributed by atoms with van der Waals surface area (Å²) in [5.41, 5.74) is 15.8. The molecule has 372 valence electrons. The molecular formula is C62H50ClN11O2. The molecule has 0 atom stereocenters. The molecule has 0 fully saturated rings. The van der Waals surface area contributed by atoms with Crippen LogP contribution in [-0.4, -0.2) is 53.2 Å².